The molecule has 62 heavy (non-hydrogen) atoms. The molecule has 2 saturated heterocycles. The van der Waals surface area contributed by atoms with Gasteiger partial charge in [0.05, 0.1) is 19.8 Å². The molecule has 0 saturated carbocycles. The van der Waals surface area contributed by atoms with E-state index in [1.165, 1.54) is 0 Å². The molecule has 0 amide bonds. The van der Waals surface area contributed by atoms with E-state index in [4.69, 9.17) is 28.4 Å². The van der Waals surface area contributed by atoms with E-state index >= 15 is 0 Å². The fourth-order valence-corrected chi connectivity index (χ4v) is 6.12. The highest BCUT2D eigenvalue weighted by molar-refractivity contribution is 5.70. The summed E-state index contributed by atoms with van der Waals surface area (Å²) in [5.41, 5.74) is 0. The van der Waals surface area contributed by atoms with Crippen LogP contribution in [0.3, 0.4) is 0 Å². The average molecular weight is 877 g/mol. The van der Waals surface area contributed by atoms with E-state index in [0.717, 1.165) is 51.4 Å². The summed E-state index contributed by atoms with van der Waals surface area (Å²) >= 11 is 0. The Bertz CT molecular complexity index is 1450. The van der Waals surface area contributed by atoms with Crippen LogP contribution in [0.1, 0.15) is 90.9 Å². The van der Waals surface area contributed by atoms with Gasteiger partial charge in [-0.25, -0.2) is 0 Å². The van der Waals surface area contributed by atoms with Crippen molar-refractivity contribution in [2.45, 2.75) is 158 Å². The van der Waals surface area contributed by atoms with Crippen molar-refractivity contribution in [3.05, 3.63) is 97.2 Å². The lowest BCUT2D eigenvalue weighted by atomic mass is 9.98. The minimum atomic E-state index is -1.78. The maximum atomic E-state index is 12.9. The van der Waals surface area contributed by atoms with Gasteiger partial charge in [-0.05, 0) is 51.4 Å². The highest BCUT2D eigenvalue weighted by Gasteiger charge is 2.47. The predicted molar refractivity (Wildman–Crippen MR) is 233 cm³/mol. The average Bonchev–Trinajstić information content (AvgIpc) is 3.26. The molecule has 15 heteroatoms. The van der Waals surface area contributed by atoms with Crippen molar-refractivity contribution in [3.63, 3.8) is 0 Å². The van der Waals surface area contributed by atoms with Crippen LogP contribution in [0.2, 0.25) is 0 Å². The maximum Gasteiger partial charge on any atom is 0.306 e. The quantitative estimate of drug-likeness (QED) is 0.0304. The van der Waals surface area contributed by atoms with Gasteiger partial charge < -0.3 is 64.2 Å². The first-order valence-electron chi connectivity index (χ1n) is 21.9. The van der Waals surface area contributed by atoms with Crippen molar-refractivity contribution < 1.29 is 73.8 Å². The van der Waals surface area contributed by atoms with Gasteiger partial charge in [0, 0.05) is 12.8 Å². The van der Waals surface area contributed by atoms with Crippen molar-refractivity contribution in [1.29, 1.82) is 0 Å². The molecule has 5 unspecified atom stereocenters. The van der Waals surface area contributed by atoms with Crippen LogP contribution in [-0.2, 0) is 38.0 Å². The van der Waals surface area contributed by atoms with Gasteiger partial charge in [-0.3, -0.25) is 9.59 Å². The number of esters is 2. The van der Waals surface area contributed by atoms with Gasteiger partial charge in [-0.15, -0.1) is 0 Å². The Morgan fingerprint density at radius 2 is 0.968 bits per heavy atom. The summed E-state index contributed by atoms with van der Waals surface area (Å²) in [6, 6.07) is 0. The summed E-state index contributed by atoms with van der Waals surface area (Å²) in [6.07, 6.45) is 23.2. The van der Waals surface area contributed by atoms with E-state index in [9.17, 15) is 45.3 Å². The lowest BCUT2D eigenvalue weighted by Gasteiger charge is -2.42. The third kappa shape index (κ3) is 22.7. The first kappa shape index (κ1) is 54.6. The highest BCUT2D eigenvalue weighted by Crippen LogP contribution is 2.26. The SMILES string of the molecule is CC/C=C/C=C/C=C/C=C/CCCCCC(=O)OCC(CO[C@@H]1O[C@H](CO[C@@H]2O[C@H](CO)[C@H](O)C(O)C2O)[C@H](O)C(O)C1O)OC(=O)CCCCC/C=C/C=C/C=C/C=C/CC. The number of aliphatic hydroxyl groups is 7. The monoisotopic (exact) mass is 876 g/mol. The summed E-state index contributed by atoms with van der Waals surface area (Å²) in [7, 11) is 0. The van der Waals surface area contributed by atoms with Crippen LogP contribution in [0.4, 0.5) is 0 Å². The Balaban J connectivity index is 1.91. The lowest BCUT2D eigenvalue weighted by molar-refractivity contribution is -0.332. The predicted octanol–water partition coefficient (Wildman–Crippen LogP) is 4.25. The van der Waals surface area contributed by atoms with Crippen LogP contribution in [0.25, 0.3) is 0 Å². The lowest BCUT2D eigenvalue weighted by Crippen LogP contribution is -2.61. The second-order valence-electron chi connectivity index (χ2n) is 14.9. The zero-order valence-corrected chi connectivity index (χ0v) is 36.3. The summed E-state index contributed by atoms with van der Waals surface area (Å²) in [5, 5.41) is 71.8. The van der Waals surface area contributed by atoms with Gasteiger partial charge in [0.1, 0.15) is 55.4 Å². The molecule has 0 aliphatic carbocycles. The Kier molecular flexibility index (Phi) is 29.8. The smallest absolute Gasteiger partial charge is 0.306 e. The van der Waals surface area contributed by atoms with Gasteiger partial charge >= 0.3 is 11.9 Å². The minimum Gasteiger partial charge on any atom is -0.462 e. The molecule has 2 fully saturated rings. The largest absolute Gasteiger partial charge is 0.462 e. The maximum absolute atomic E-state index is 12.9. The Morgan fingerprint density at radius 3 is 1.48 bits per heavy atom. The molecule has 0 bridgehead atoms. The fraction of sp³-hybridized carbons (Fsp3) is 0.617. The Hall–Kier alpha value is -3.58. The summed E-state index contributed by atoms with van der Waals surface area (Å²) in [5.74, 6) is -1.03. The first-order valence-corrected chi connectivity index (χ1v) is 21.9. The van der Waals surface area contributed by atoms with Gasteiger partial charge in [0.2, 0.25) is 0 Å². The fourth-order valence-electron chi connectivity index (χ4n) is 6.12. The normalized spacial score (nSPS) is 28.0. The van der Waals surface area contributed by atoms with Crippen molar-refractivity contribution in [3.8, 4) is 0 Å². The summed E-state index contributed by atoms with van der Waals surface area (Å²) in [4.78, 5) is 25.6. The van der Waals surface area contributed by atoms with Crippen molar-refractivity contribution in [2.75, 3.05) is 26.4 Å². The molecular weight excluding hydrogens is 805 g/mol. The Labute approximate surface area is 367 Å². The number of unbranched alkanes of at least 4 members (excludes halogenated alkanes) is 6. The zero-order chi connectivity index (χ0) is 45.4. The van der Waals surface area contributed by atoms with Crippen LogP contribution in [-0.4, -0.2) is 142 Å². The second-order valence-corrected chi connectivity index (χ2v) is 14.9. The third-order valence-electron chi connectivity index (χ3n) is 9.75. The van der Waals surface area contributed by atoms with Crippen LogP contribution < -0.4 is 0 Å². The molecule has 0 spiro atoms. The number of hydrogen-bond acceptors (Lipinski definition) is 15. The van der Waals surface area contributed by atoms with Crippen LogP contribution in [0.15, 0.2) is 97.2 Å². The number of rotatable bonds is 30. The molecule has 11 atom stereocenters. The zero-order valence-electron chi connectivity index (χ0n) is 36.3. The number of carbonyl (C=O) groups excluding carboxylic acids is 2. The third-order valence-corrected chi connectivity index (χ3v) is 9.75. The molecule has 7 N–H and O–H groups in total. The van der Waals surface area contributed by atoms with Gasteiger partial charge in [-0.1, -0.05) is 124 Å². The molecule has 0 aromatic heterocycles. The Morgan fingerprint density at radius 1 is 0.516 bits per heavy atom. The number of carbonyl (C=O) groups is 2. The molecule has 0 radical (unpaired) electrons. The van der Waals surface area contributed by atoms with Gasteiger partial charge in [0.25, 0.3) is 0 Å². The van der Waals surface area contributed by atoms with E-state index in [1.807, 2.05) is 72.9 Å². The number of aliphatic hydroxyl groups excluding tert-OH is 7. The number of ether oxygens (including phenoxy) is 6. The van der Waals surface area contributed by atoms with E-state index in [-0.39, 0.29) is 19.4 Å². The van der Waals surface area contributed by atoms with E-state index < -0.39 is 99.3 Å². The molecule has 2 heterocycles. The minimum absolute atomic E-state index is 0.103. The van der Waals surface area contributed by atoms with E-state index in [1.54, 1.807) is 0 Å². The van der Waals surface area contributed by atoms with E-state index in [2.05, 4.69) is 38.2 Å². The highest BCUT2D eigenvalue weighted by atomic mass is 16.7. The molecular formula is C47H72O15. The molecule has 350 valence electrons. The van der Waals surface area contributed by atoms with E-state index in [0.29, 0.717) is 12.8 Å². The van der Waals surface area contributed by atoms with Crippen molar-refractivity contribution in [1.82, 2.24) is 0 Å². The van der Waals surface area contributed by atoms with Gasteiger partial charge in [-0.2, -0.15) is 0 Å². The summed E-state index contributed by atoms with van der Waals surface area (Å²) in [6.45, 7) is 2.16. The molecule has 0 aromatic rings. The van der Waals surface area contributed by atoms with Crippen molar-refractivity contribution >= 4 is 11.9 Å². The molecule has 2 rings (SSSR count). The first-order chi connectivity index (χ1) is 30.0. The molecule has 2 aliphatic heterocycles. The van der Waals surface area contributed by atoms with Crippen LogP contribution in [0.5, 0.6) is 0 Å². The summed E-state index contributed by atoms with van der Waals surface area (Å²) < 4.78 is 33.3. The second kappa shape index (κ2) is 33.9. The van der Waals surface area contributed by atoms with Gasteiger partial charge in [0.15, 0.2) is 18.7 Å². The van der Waals surface area contributed by atoms with Crippen molar-refractivity contribution in [2.24, 2.45) is 0 Å². The number of allylic oxidation sites excluding steroid dienone is 16. The topological polar surface area (TPSA) is 231 Å². The molecule has 0 aromatic carbocycles. The molecule has 2 aliphatic rings. The van der Waals surface area contributed by atoms with Crippen LogP contribution >= 0.6 is 0 Å². The van der Waals surface area contributed by atoms with Crippen LogP contribution in [0, 0.1) is 0 Å². The standard InChI is InChI=1S/C47H72O15/c1-3-5-7-9-11-13-15-17-19-21-23-25-27-29-38(49)57-32-35(60-39(50)30-28-26-24-22-20-18-16-14-12-10-8-6-4-2)33-58-46-45(56)43(54)41(52)37(62-46)34-59-47-44(55)42(53)40(51)36(31-48)61-47/h5-20,35-37,40-48,51-56H,3-4,21-34H2,1-2H3/b7-5+,8-6+,11-9+,12-10+,15-13+,16-14+,19-17+,20-18+/t35?,36-,37-,40+,41+,42?,43?,44?,45?,46-,47-/m1/s1. The molecule has 15 nitrogen and oxygen atoms in total. The number of hydrogen-bond donors (Lipinski definition) is 7.